The van der Waals surface area contributed by atoms with E-state index in [1.54, 1.807) is 6.92 Å². The van der Waals surface area contributed by atoms with Gasteiger partial charge in [-0.1, -0.05) is 19.1 Å². The lowest BCUT2D eigenvalue weighted by molar-refractivity contribution is -0.274. The number of carboxylic acids is 1. The molecule has 6 nitrogen and oxygen atoms in total. The van der Waals surface area contributed by atoms with Crippen molar-refractivity contribution < 1.29 is 32.6 Å². The minimum Gasteiger partial charge on any atom is -0.480 e. The van der Waals surface area contributed by atoms with Gasteiger partial charge in [0.1, 0.15) is 6.04 Å². The Balaban J connectivity index is 2.79. The topological polar surface area (TPSA) is 87.7 Å². The summed E-state index contributed by atoms with van der Waals surface area (Å²) in [7, 11) is 0. The largest absolute Gasteiger partial charge is 0.573 e. The third kappa shape index (κ3) is 5.59. The zero-order valence-electron chi connectivity index (χ0n) is 10.9. The average molecular weight is 306 g/mol. The Hall–Kier alpha value is -2.45. The van der Waals surface area contributed by atoms with Crippen LogP contribution in [-0.2, 0) is 4.79 Å². The molecule has 0 fully saturated rings. The second-order valence-corrected chi connectivity index (χ2v) is 3.94. The number of carbonyl (C=O) groups excluding carboxylic acids is 1. The highest BCUT2D eigenvalue weighted by Gasteiger charge is 2.32. The summed E-state index contributed by atoms with van der Waals surface area (Å²) < 4.78 is 40.4. The summed E-state index contributed by atoms with van der Waals surface area (Å²) in [6, 6.07) is 2.84. The zero-order valence-corrected chi connectivity index (χ0v) is 10.9. The van der Waals surface area contributed by atoms with Gasteiger partial charge in [0.05, 0.1) is 5.69 Å². The minimum absolute atomic E-state index is 0.128. The maximum atomic E-state index is 12.2. The fraction of sp³-hybridized carbons (Fsp3) is 0.333. The molecule has 3 N–H and O–H groups in total. The number of amides is 2. The minimum atomic E-state index is -4.90. The molecule has 0 aromatic heterocycles. The smallest absolute Gasteiger partial charge is 0.480 e. The highest BCUT2D eigenvalue weighted by molar-refractivity contribution is 5.93. The molecular weight excluding hydrogens is 293 g/mol. The van der Waals surface area contributed by atoms with Crippen molar-refractivity contribution in [3.8, 4) is 5.75 Å². The SMILES string of the molecule is CC[C@H](NC(=O)Nc1ccccc1OC(F)(F)F)C(=O)O. The van der Waals surface area contributed by atoms with Crippen LogP contribution < -0.4 is 15.4 Å². The number of para-hydroxylation sites is 2. The number of ether oxygens (including phenoxy) is 1. The number of urea groups is 1. The number of aliphatic carboxylic acids is 1. The van der Waals surface area contributed by atoms with E-state index in [4.69, 9.17) is 5.11 Å². The van der Waals surface area contributed by atoms with Crippen LogP contribution in [0.15, 0.2) is 24.3 Å². The molecule has 0 unspecified atom stereocenters. The molecule has 0 saturated carbocycles. The second-order valence-electron chi connectivity index (χ2n) is 3.94. The monoisotopic (exact) mass is 306 g/mol. The molecular formula is C12H13F3N2O4. The first-order chi connectivity index (χ1) is 9.73. The van der Waals surface area contributed by atoms with E-state index in [-0.39, 0.29) is 12.1 Å². The summed E-state index contributed by atoms with van der Waals surface area (Å²) in [4.78, 5) is 22.3. The van der Waals surface area contributed by atoms with Crippen LogP contribution in [0, 0.1) is 0 Å². The van der Waals surface area contributed by atoms with E-state index in [0.717, 1.165) is 6.07 Å². The van der Waals surface area contributed by atoms with E-state index in [9.17, 15) is 22.8 Å². The third-order valence-corrected chi connectivity index (χ3v) is 2.37. The first-order valence-corrected chi connectivity index (χ1v) is 5.88. The molecule has 0 aliphatic carbocycles. The Morgan fingerprint density at radius 2 is 1.95 bits per heavy atom. The number of carboxylic acid groups (broad SMARTS) is 1. The number of benzene rings is 1. The molecule has 0 spiro atoms. The van der Waals surface area contributed by atoms with Crippen molar-refractivity contribution in [2.45, 2.75) is 25.7 Å². The fourth-order valence-corrected chi connectivity index (χ4v) is 1.44. The van der Waals surface area contributed by atoms with Crippen molar-refractivity contribution in [3.05, 3.63) is 24.3 Å². The van der Waals surface area contributed by atoms with E-state index in [1.165, 1.54) is 18.2 Å². The number of rotatable bonds is 5. The van der Waals surface area contributed by atoms with Gasteiger partial charge < -0.3 is 20.5 Å². The van der Waals surface area contributed by atoms with E-state index < -0.39 is 30.2 Å². The van der Waals surface area contributed by atoms with Gasteiger partial charge in [-0.05, 0) is 18.6 Å². The lowest BCUT2D eigenvalue weighted by Crippen LogP contribution is -2.42. The molecule has 21 heavy (non-hydrogen) atoms. The predicted molar refractivity (Wildman–Crippen MR) is 67.0 cm³/mol. The zero-order chi connectivity index (χ0) is 16.0. The summed E-state index contributed by atoms with van der Waals surface area (Å²) in [6.07, 6.45) is -4.77. The maximum absolute atomic E-state index is 12.2. The molecule has 1 rings (SSSR count). The Morgan fingerprint density at radius 3 is 2.48 bits per heavy atom. The van der Waals surface area contributed by atoms with Crippen molar-refractivity contribution in [1.29, 1.82) is 0 Å². The molecule has 0 saturated heterocycles. The van der Waals surface area contributed by atoms with E-state index in [0.29, 0.717) is 0 Å². The van der Waals surface area contributed by atoms with Crippen LogP contribution in [-0.4, -0.2) is 29.5 Å². The Bertz CT molecular complexity index is 519. The van der Waals surface area contributed by atoms with Gasteiger partial charge in [-0.2, -0.15) is 0 Å². The maximum Gasteiger partial charge on any atom is 0.573 e. The van der Waals surface area contributed by atoms with Crippen molar-refractivity contribution in [2.24, 2.45) is 0 Å². The van der Waals surface area contributed by atoms with Gasteiger partial charge in [0.15, 0.2) is 5.75 Å². The summed E-state index contributed by atoms with van der Waals surface area (Å²) in [5, 5.41) is 13.0. The van der Waals surface area contributed by atoms with Crippen molar-refractivity contribution >= 4 is 17.7 Å². The van der Waals surface area contributed by atoms with Crippen LogP contribution in [0.3, 0.4) is 0 Å². The van der Waals surface area contributed by atoms with Crippen LogP contribution in [0.2, 0.25) is 0 Å². The first kappa shape index (κ1) is 16.6. The summed E-state index contributed by atoms with van der Waals surface area (Å²) in [6.45, 7) is 1.54. The Labute approximate surface area is 117 Å². The molecule has 0 radical (unpaired) electrons. The number of halogens is 3. The molecule has 1 aromatic carbocycles. The number of hydrogen-bond acceptors (Lipinski definition) is 3. The molecule has 116 valence electrons. The Kier molecular flexibility index (Phi) is 5.39. The van der Waals surface area contributed by atoms with Gasteiger partial charge in [0, 0.05) is 0 Å². The number of carbonyl (C=O) groups is 2. The quantitative estimate of drug-likeness (QED) is 0.780. The standard InChI is InChI=1S/C12H13F3N2O4/c1-2-7(10(18)19)16-11(20)17-8-5-3-4-6-9(8)21-12(13,14)15/h3-7H,2H2,1H3,(H,18,19)(H2,16,17,20)/t7-/m0/s1. The summed E-state index contributed by atoms with van der Waals surface area (Å²) in [5.74, 6) is -1.84. The average Bonchev–Trinajstić information content (AvgIpc) is 2.36. The molecule has 1 atom stereocenters. The normalized spacial score (nSPS) is 12.4. The number of nitrogens with one attached hydrogen (secondary N) is 2. The van der Waals surface area contributed by atoms with Gasteiger partial charge in [-0.25, -0.2) is 9.59 Å². The van der Waals surface area contributed by atoms with Crippen molar-refractivity contribution in [1.82, 2.24) is 5.32 Å². The lowest BCUT2D eigenvalue weighted by atomic mass is 10.2. The highest BCUT2D eigenvalue weighted by atomic mass is 19.4. The molecule has 1 aromatic rings. The summed E-state index contributed by atoms with van der Waals surface area (Å²) >= 11 is 0. The fourth-order valence-electron chi connectivity index (χ4n) is 1.44. The van der Waals surface area contributed by atoms with Crippen LogP contribution in [0.25, 0.3) is 0 Å². The Morgan fingerprint density at radius 1 is 1.33 bits per heavy atom. The molecule has 0 bridgehead atoms. The van der Waals surface area contributed by atoms with Crippen LogP contribution in [0.4, 0.5) is 23.7 Å². The van der Waals surface area contributed by atoms with Gasteiger partial charge in [-0.15, -0.1) is 13.2 Å². The highest BCUT2D eigenvalue weighted by Crippen LogP contribution is 2.29. The van der Waals surface area contributed by atoms with Crippen molar-refractivity contribution in [3.63, 3.8) is 0 Å². The molecule has 2 amide bonds. The number of alkyl halides is 3. The summed E-state index contributed by atoms with van der Waals surface area (Å²) in [5.41, 5.74) is -0.229. The van der Waals surface area contributed by atoms with Crippen molar-refractivity contribution in [2.75, 3.05) is 5.32 Å². The lowest BCUT2D eigenvalue weighted by Gasteiger charge is -2.16. The van der Waals surface area contributed by atoms with E-state index in [2.05, 4.69) is 15.4 Å². The van der Waals surface area contributed by atoms with Gasteiger partial charge in [0.25, 0.3) is 0 Å². The van der Waals surface area contributed by atoms with Crippen LogP contribution >= 0.6 is 0 Å². The third-order valence-electron chi connectivity index (χ3n) is 2.37. The molecule has 0 aliphatic rings. The molecule has 0 aliphatic heterocycles. The first-order valence-electron chi connectivity index (χ1n) is 5.88. The molecule has 9 heteroatoms. The van der Waals surface area contributed by atoms with Gasteiger partial charge in [0.2, 0.25) is 0 Å². The van der Waals surface area contributed by atoms with E-state index >= 15 is 0 Å². The van der Waals surface area contributed by atoms with Gasteiger partial charge in [-0.3, -0.25) is 0 Å². The van der Waals surface area contributed by atoms with E-state index in [1.807, 2.05) is 0 Å². The number of anilines is 1. The molecule has 0 heterocycles. The second kappa shape index (κ2) is 6.82. The van der Waals surface area contributed by atoms with Crippen LogP contribution in [0.1, 0.15) is 13.3 Å². The van der Waals surface area contributed by atoms with Crippen LogP contribution in [0.5, 0.6) is 5.75 Å². The van der Waals surface area contributed by atoms with Gasteiger partial charge >= 0.3 is 18.4 Å². The number of hydrogen-bond donors (Lipinski definition) is 3. The predicted octanol–water partition coefficient (Wildman–Crippen LogP) is 2.57.